The summed E-state index contributed by atoms with van der Waals surface area (Å²) >= 11 is 1.69. The molecule has 2 aliphatic rings. The number of carbonyl (C=O) groups excluding carboxylic acids is 1. The van der Waals surface area contributed by atoms with Crippen LogP contribution in [-0.2, 0) is 17.8 Å². The van der Waals surface area contributed by atoms with E-state index in [1.165, 1.54) is 5.56 Å². The fraction of sp³-hybridized carbons (Fsp3) is 0.400. The van der Waals surface area contributed by atoms with Crippen molar-refractivity contribution >= 4 is 23.3 Å². The molecule has 0 saturated carbocycles. The maximum atomic E-state index is 12.5. The summed E-state index contributed by atoms with van der Waals surface area (Å²) in [5.41, 5.74) is 3.42. The Hall–Kier alpha value is -2.18. The molecule has 136 valence electrons. The van der Waals surface area contributed by atoms with E-state index < -0.39 is 0 Å². The minimum atomic E-state index is 0.0888. The fourth-order valence-electron chi connectivity index (χ4n) is 3.42. The Morgan fingerprint density at radius 3 is 2.92 bits per heavy atom. The molecule has 0 spiro atoms. The second-order valence-electron chi connectivity index (χ2n) is 6.76. The van der Waals surface area contributed by atoms with Crippen LogP contribution in [0.1, 0.15) is 21.8 Å². The molecule has 0 unspecified atom stereocenters. The van der Waals surface area contributed by atoms with Crippen molar-refractivity contribution < 1.29 is 9.53 Å². The molecule has 0 N–H and O–H groups in total. The molecule has 3 heterocycles. The first-order chi connectivity index (χ1) is 12.7. The van der Waals surface area contributed by atoms with Crippen LogP contribution in [0.3, 0.4) is 0 Å². The van der Waals surface area contributed by atoms with Gasteiger partial charge in [-0.15, -0.1) is 11.3 Å². The number of aromatic nitrogens is 1. The molecule has 1 amide bonds. The van der Waals surface area contributed by atoms with Crippen LogP contribution in [0.25, 0.3) is 6.08 Å². The van der Waals surface area contributed by atoms with Crippen molar-refractivity contribution in [2.75, 3.05) is 32.8 Å². The van der Waals surface area contributed by atoms with Crippen LogP contribution in [0.2, 0.25) is 0 Å². The highest BCUT2D eigenvalue weighted by molar-refractivity contribution is 7.09. The predicted octanol–water partition coefficient (Wildman–Crippen LogP) is 2.74. The first-order valence-electron chi connectivity index (χ1n) is 9.03. The van der Waals surface area contributed by atoms with Crippen molar-refractivity contribution in [3.63, 3.8) is 0 Å². The topological polar surface area (TPSA) is 45.7 Å². The van der Waals surface area contributed by atoms with E-state index in [2.05, 4.69) is 21.3 Å². The Bertz CT molecular complexity index is 822. The summed E-state index contributed by atoms with van der Waals surface area (Å²) in [5, 5.41) is 3.23. The van der Waals surface area contributed by atoms with E-state index in [9.17, 15) is 4.79 Å². The SMILES string of the molecule is Cc1nc(CN2CCN(C(=O)/C=C/c3ccc4c(c3)CCO4)CC2)cs1. The van der Waals surface area contributed by atoms with Gasteiger partial charge >= 0.3 is 0 Å². The summed E-state index contributed by atoms with van der Waals surface area (Å²) in [6.07, 6.45) is 4.55. The zero-order chi connectivity index (χ0) is 17.9. The van der Waals surface area contributed by atoms with Crippen molar-refractivity contribution in [3.05, 3.63) is 51.5 Å². The third kappa shape index (κ3) is 3.97. The standard InChI is InChI=1S/C20H23N3O2S/c1-15-21-18(14-26-15)13-22-7-9-23(10-8-22)20(24)5-3-16-2-4-19-17(12-16)6-11-25-19/h2-5,12,14H,6-11,13H2,1H3/b5-3+. The van der Waals surface area contributed by atoms with Gasteiger partial charge in [0.05, 0.1) is 17.3 Å². The number of thiazole rings is 1. The first-order valence-corrected chi connectivity index (χ1v) is 9.91. The highest BCUT2D eigenvalue weighted by Gasteiger charge is 2.20. The van der Waals surface area contributed by atoms with E-state index in [4.69, 9.17) is 4.74 Å². The fourth-order valence-corrected chi connectivity index (χ4v) is 4.02. The summed E-state index contributed by atoms with van der Waals surface area (Å²) in [4.78, 5) is 21.3. The van der Waals surface area contributed by atoms with Gasteiger partial charge in [0.25, 0.3) is 0 Å². The molecule has 0 aliphatic carbocycles. The third-order valence-electron chi connectivity index (χ3n) is 4.87. The molecule has 2 aromatic rings. The van der Waals surface area contributed by atoms with Crippen LogP contribution in [0.5, 0.6) is 5.75 Å². The number of amides is 1. The molecular weight excluding hydrogens is 346 g/mol. The van der Waals surface area contributed by atoms with Crippen molar-refractivity contribution in [2.24, 2.45) is 0 Å². The highest BCUT2D eigenvalue weighted by atomic mass is 32.1. The number of hydrogen-bond donors (Lipinski definition) is 0. The number of aryl methyl sites for hydroxylation is 1. The van der Waals surface area contributed by atoms with Crippen LogP contribution in [0, 0.1) is 6.92 Å². The van der Waals surface area contributed by atoms with E-state index in [1.807, 2.05) is 30.0 Å². The van der Waals surface area contributed by atoms with Gasteiger partial charge in [0, 0.05) is 50.6 Å². The van der Waals surface area contributed by atoms with Crippen molar-refractivity contribution in [3.8, 4) is 5.75 Å². The molecule has 1 saturated heterocycles. The van der Waals surface area contributed by atoms with E-state index in [-0.39, 0.29) is 5.91 Å². The molecule has 5 nitrogen and oxygen atoms in total. The quantitative estimate of drug-likeness (QED) is 0.778. The number of rotatable bonds is 4. The number of fused-ring (bicyclic) bond motifs is 1. The number of hydrogen-bond acceptors (Lipinski definition) is 5. The lowest BCUT2D eigenvalue weighted by Crippen LogP contribution is -2.47. The first kappa shape index (κ1) is 17.2. The van der Waals surface area contributed by atoms with Crippen LogP contribution in [0.15, 0.2) is 29.7 Å². The van der Waals surface area contributed by atoms with Gasteiger partial charge in [-0.3, -0.25) is 9.69 Å². The van der Waals surface area contributed by atoms with E-state index in [1.54, 1.807) is 17.4 Å². The molecule has 1 aromatic heterocycles. The highest BCUT2D eigenvalue weighted by Crippen LogP contribution is 2.26. The Morgan fingerprint density at radius 2 is 2.15 bits per heavy atom. The van der Waals surface area contributed by atoms with Crippen LogP contribution in [-0.4, -0.2) is 53.5 Å². The van der Waals surface area contributed by atoms with Crippen LogP contribution >= 0.6 is 11.3 Å². The molecule has 1 aromatic carbocycles. The van der Waals surface area contributed by atoms with Gasteiger partial charge in [0.1, 0.15) is 5.75 Å². The van der Waals surface area contributed by atoms with Gasteiger partial charge in [0.2, 0.25) is 5.91 Å². The van der Waals surface area contributed by atoms with E-state index in [0.717, 1.165) is 67.8 Å². The lowest BCUT2D eigenvalue weighted by atomic mass is 10.1. The Morgan fingerprint density at radius 1 is 1.31 bits per heavy atom. The van der Waals surface area contributed by atoms with Gasteiger partial charge in [-0.2, -0.15) is 0 Å². The van der Waals surface area contributed by atoms with Gasteiger partial charge in [-0.1, -0.05) is 6.07 Å². The predicted molar refractivity (Wildman–Crippen MR) is 103 cm³/mol. The van der Waals surface area contributed by atoms with Gasteiger partial charge in [-0.05, 0) is 36.3 Å². The molecule has 0 radical (unpaired) electrons. The summed E-state index contributed by atoms with van der Waals surface area (Å²) < 4.78 is 5.52. The maximum absolute atomic E-state index is 12.5. The smallest absolute Gasteiger partial charge is 0.246 e. The Labute approximate surface area is 157 Å². The minimum Gasteiger partial charge on any atom is -0.493 e. The normalized spacial score (nSPS) is 17.5. The zero-order valence-corrected chi connectivity index (χ0v) is 15.8. The molecule has 0 atom stereocenters. The Kier molecular flexibility index (Phi) is 5.04. The van der Waals surface area contributed by atoms with Crippen LogP contribution < -0.4 is 4.74 Å². The molecule has 1 fully saturated rings. The summed E-state index contributed by atoms with van der Waals surface area (Å²) in [6, 6.07) is 6.10. The minimum absolute atomic E-state index is 0.0888. The average Bonchev–Trinajstić information content (AvgIpc) is 3.28. The van der Waals surface area contributed by atoms with E-state index >= 15 is 0 Å². The van der Waals surface area contributed by atoms with Gasteiger partial charge < -0.3 is 9.64 Å². The number of carbonyl (C=O) groups is 1. The molecule has 26 heavy (non-hydrogen) atoms. The largest absolute Gasteiger partial charge is 0.493 e. The second-order valence-corrected chi connectivity index (χ2v) is 7.82. The number of benzene rings is 1. The van der Waals surface area contributed by atoms with Gasteiger partial charge in [0.15, 0.2) is 0 Å². The molecule has 4 rings (SSSR count). The van der Waals surface area contributed by atoms with Crippen molar-refractivity contribution in [1.29, 1.82) is 0 Å². The molecule has 0 bridgehead atoms. The Balaban J connectivity index is 1.29. The lowest BCUT2D eigenvalue weighted by Gasteiger charge is -2.33. The summed E-state index contributed by atoms with van der Waals surface area (Å²) in [7, 11) is 0. The molecule has 2 aliphatic heterocycles. The number of ether oxygens (including phenoxy) is 1. The number of piperazine rings is 1. The average molecular weight is 369 g/mol. The number of nitrogens with zero attached hydrogens (tertiary/aromatic N) is 3. The summed E-state index contributed by atoms with van der Waals surface area (Å²) in [5.74, 6) is 1.06. The maximum Gasteiger partial charge on any atom is 0.246 e. The summed E-state index contributed by atoms with van der Waals surface area (Å²) in [6.45, 7) is 6.99. The van der Waals surface area contributed by atoms with Crippen LogP contribution in [0.4, 0.5) is 0 Å². The lowest BCUT2D eigenvalue weighted by molar-refractivity contribution is -0.127. The second kappa shape index (κ2) is 7.60. The van der Waals surface area contributed by atoms with E-state index in [0.29, 0.717) is 0 Å². The van der Waals surface area contributed by atoms with Crippen molar-refractivity contribution in [2.45, 2.75) is 19.9 Å². The molecular formula is C20H23N3O2S. The zero-order valence-electron chi connectivity index (χ0n) is 15.0. The molecule has 6 heteroatoms. The third-order valence-corrected chi connectivity index (χ3v) is 5.69. The monoisotopic (exact) mass is 369 g/mol. The van der Waals surface area contributed by atoms with Gasteiger partial charge in [-0.25, -0.2) is 4.98 Å². The van der Waals surface area contributed by atoms with Crippen molar-refractivity contribution in [1.82, 2.24) is 14.8 Å².